The molecule has 1 fully saturated rings. The molecule has 0 spiro atoms. The van der Waals surface area contributed by atoms with E-state index in [2.05, 4.69) is 5.32 Å². The molecule has 1 aliphatic carbocycles. The highest BCUT2D eigenvalue weighted by Crippen LogP contribution is 2.28. The lowest BCUT2D eigenvalue weighted by Gasteiger charge is -2.06. The van der Waals surface area contributed by atoms with Crippen molar-refractivity contribution in [2.24, 2.45) is 5.92 Å². The molecule has 2 heteroatoms. The van der Waals surface area contributed by atoms with Crippen molar-refractivity contribution in [1.82, 2.24) is 5.32 Å². The average molecular weight is 168 g/mol. The maximum atomic E-state index is 10.5. The second-order valence-electron chi connectivity index (χ2n) is 3.69. The highest BCUT2D eigenvalue weighted by Gasteiger charge is 2.13. The van der Waals surface area contributed by atoms with E-state index in [1.165, 1.54) is 39.0 Å². The lowest BCUT2D eigenvalue weighted by molar-refractivity contribution is -0.119. The molecule has 0 aromatic carbocycles. The van der Waals surface area contributed by atoms with Crippen LogP contribution in [0.4, 0.5) is 0 Å². The molecule has 1 rings (SSSR count). The van der Waals surface area contributed by atoms with Gasteiger partial charge in [0.2, 0.25) is 5.91 Å². The van der Waals surface area contributed by atoms with Crippen LogP contribution in [-0.4, -0.2) is 12.5 Å². The van der Waals surface area contributed by atoms with Crippen molar-refractivity contribution in [2.45, 2.75) is 45.4 Å². The molecule has 0 saturated heterocycles. The van der Waals surface area contributed by atoms with Crippen molar-refractivity contribution in [3.05, 3.63) is 0 Å². The van der Waals surface area contributed by atoms with E-state index in [0.29, 0.717) is 0 Å². The number of carbonyl (C=O) groups is 1. The van der Waals surface area contributed by atoms with Gasteiger partial charge >= 0.3 is 0 Å². The second kappa shape index (κ2) is 5.18. The zero-order valence-electron chi connectivity index (χ0n) is 7.88. The molecule has 0 aromatic rings. The molecule has 0 atom stereocenters. The number of carbonyl (C=O) groups excluding carboxylic acids is 1. The van der Waals surface area contributed by atoms with Crippen LogP contribution in [0.3, 0.4) is 0 Å². The maximum Gasteiger partial charge on any atom is 0.238 e. The lowest BCUT2D eigenvalue weighted by atomic mass is 10.0. The summed E-state index contributed by atoms with van der Waals surface area (Å²) in [4.78, 5) is 10.5. The minimum absolute atomic E-state index is 0.0265. The van der Waals surface area contributed by atoms with Crippen molar-refractivity contribution < 1.29 is 4.79 Å². The third-order valence-corrected chi connectivity index (χ3v) is 2.58. The van der Waals surface area contributed by atoms with Gasteiger partial charge in [-0.2, -0.15) is 0 Å². The van der Waals surface area contributed by atoms with Crippen molar-refractivity contribution in [3.8, 4) is 0 Å². The van der Waals surface area contributed by atoms with Crippen molar-refractivity contribution in [1.29, 1.82) is 0 Å². The summed E-state index contributed by atoms with van der Waals surface area (Å²) < 4.78 is 0. The minimum atomic E-state index is -0.0265. The van der Waals surface area contributed by atoms with E-state index in [-0.39, 0.29) is 5.91 Å². The summed E-state index contributed by atoms with van der Waals surface area (Å²) in [5, 5.41) is 3.85. The third kappa shape index (κ3) is 3.74. The van der Waals surface area contributed by atoms with Crippen LogP contribution >= 0.6 is 0 Å². The highest BCUT2D eigenvalue weighted by atomic mass is 16.1. The highest BCUT2D eigenvalue weighted by molar-refractivity contribution is 5.72. The molecular formula is C10H18NO. The Balaban J connectivity index is 1.91. The number of rotatable bonds is 4. The van der Waals surface area contributed by atoms with Crippen molar-refractivity contribution in [2.75, 3.05) is 6.54 Å². The Bertz CT molecular complexity index is 139. The molecule has 2 nitrogen and oxygen atoms in total. The molecule has 1 aliphatic rings. The minimum Gasteiger partial charge on any atom is -0.273 e. The summed E-state index contributed by atoms with van der Waals surface area (Å²) in [6.07, 6.45) is 8.00. The van der Waals surface area contributed by atoms with E-state index in [9.17, 15) is 4.79 Å². The molecule has 12 heavy (non-hydrogen) atoms. The van der Waals surface area contributed by atoms with Crippen LogP contribution in [0.5, 0.6) is 0 Å². The van der Waals surface area contributed by atoms with Crippen LogP contribution < -0.4 is 5.32 Å². The zero-order chi connectivity index (χ0) is 8.81. The molecule has 1 amide bonds. The molecule has 0 aliphatic heterocycles. The summed E-state index contributed by atoms with van der Waals surface area (Å²) in [5.74, 6) is 0.911. The fourth-order valence-electron chi connectivity index (χ4n) is 1.92. The van der Waals surface area contributed by atoms with Gasteiger partial charge in [-0.15, -0.1) is 0 Å². The van der Waals surface area contributed by atoms with E-state index in [1.807, 2.05) is 0 Å². The fourth-order valence-corrected chi connectivity index (χ4v) is 1.92. The van der Waals surface area contributed by atoms with Gasteiger partial charge < -0.3 is 0 Å². The number of amides is 1. The smallest absolute Gasteiger partial charge is 0.238 e. The molecule has 0 N–H and O–H groups in total. The molecule has 1 radical (unpaired) electrons. The summed E-state index contributed by atoms with van der Waals surface area (Å²) in [7, 11) is 0. The molecule has 1 saturated carbocycles. The first-order chi connectivity index (χ1) is 5.79. The van der Waals surface area contributed by atoms with Gasteiger partial charge in [0.25, 0.3) is 0 Å². The quantitative estimate of drug-likeness (QED) is 0.591. The maximum absolute atomic E-state index is 10.5. The van der Waals surface area contributed by atoms with Crippen LogP contribution in [0.2, 0.25) is 0 Å². The van der Waals surface area contributed by atoms with Gasteiger partial charge in [-0.05, 0) is 18.8 Å². The predicted molar refractivity (Wildman–Crippen MR) is 48.9 cm³/mol. The standard InChI is InChI=1S/C10H18NO/c1-9(12)11-8-4-7-10-5-2-3-6-10/h10H,2-8H2,1H3. The molecule has 0 heterocycles. The molecule has 0 bridgehead atoms. The predicted octanol–water partition coefficient (Wildman–Crippen LogP) is 2.11. The Morgan fingerprint density at radius 3 is 2.67 bits per heavy atom. The average Bonchev–Trinajstić information content (AvgIpc) is 2.49. The van der Waals surface area contributed by atoms with E-state index >= 15 is 0 Å². The first kappa shape index (κ1) is 9.56. The summed E-state index contributed by atoms with van der Waals surface area (Å²) in [6.45, 7) is 2.27. The number of hydrogen-bond acceptors (Lipinski definition) is 1. The van der Waals surface area contributed by atoms with Gasteiger partial charge in [-0.25, -0.2) is 0 Å². The Hall–Kier alpha value is -0.530. The van der Waals surface area contributed by atoms with E-state index in [0.717, 1.165) is 18.9 Å². The zero-order valence-corrected chi connectivity index (χ0v) is 7.88. The Morgan fingerprint density at radius 2 is 2.08 bits per heavy atom. The fraction of sp³-hybridized carbons (Fsp3) is 0.900. The van der Waals surface area contributed by atoms with Crippen LogP contribution in [-0.2, 0) is 4.79 Å². The van der Waals surface area contributed by atoms with Crippen molar-refractivity contribution in [3.63, 3.8) is 0 Å². The van der Waals surface area contributed by atoms with Crippen LogP contribution in [0.15, 0.2) is 0 Å². The first-order valence-electron chi connectivity index (χ1n) is 4.97. The van der Waals surface area contributed by atoms with Gasteiger partial charge in [0.05, 0.1) is 0 Å². The number of nitrogens with zero attached hydrogens (tertiary/aromatic N) is 1. The summed E-state index contributed by atoms with van der Waals surface area (Å²) in [5.41, 5.74) is 0. The monoisotopic (exact) mass is 168 g/mol. The topological polar surface area (TPSA) is 31.2 Å². The first-order valence-corrected chi connectivity index (χ1v) is 4.97. The van der Waals surface area contributed by atoms with Crippen LogP contribution in [0.1, 0.15) is 45.4 Å². The molecular weight excluding hydrogens is 150 g/mol. The van der Waals surface area contributed by atoms with Crippen molar-refractivity contribution >= 4 is 5.91 Å². The second-order valence-corrected chi connectivity index (χ2v) is 3.69. The molecule has 0 unspecified atom stereocenters. The van der Waals surface area contributed by atoms with Gasteiger partial charge in [-0.3, -0.25) is 10.1 Å². The molecule has 69 valence electrons. The SMILES string of the molecule is CC(=O)[N]CCCC1CCCC1. The van der Waals surface area contributed by atoms with Crippen LogP contribution in [0, 0.1) is 5.92 Å². The molecule has 0 aromatic heterocycles. The Morgan fingerprint density at radius 1 is 1.42 bits per heavy atom. The van der Waals surface area contributed by atoms with Crippen LogP contribution in [0.25, 0.3) is 0 Å². The summed E-state index contributed by atoms with van der Waals surface area (Å²) in [6, 6.07) is 0. The largest absolute Gasteiger partial charge is 0.273 e. The van der Waals surface area contributed by atoms with Gasteiger partial charge in [0.15, 0.2) is 0 Å². The van der Waals surface area contributed by atoms with Gasteiger partial charge in [0, 0.05) is 13.5 Å². The van der Waals surface area contributed by atoms with E-state index in [1.54, 1.807) is 0 Å². The summed E-state index contributed by atoms with van der Waals surface area (Å²) >= 11 is 0. The Kier molecular flexibility index (Phi) is 4.12. The van der Waals surface area contributed by atoms with Gasteiger partial charge in [-0.1, -0.05) is 25.7 Å². The van der Waals surface area contributed by atoms with E-state index < -0.39 is 0 Å². The van der Waals surface area contributed by atoms with E-state index in [4.69, 9.17) is 0 Å². The normalized spacial score (nSPS) is 18.1. The number of hydrogen-bond donors (Lipinski definition) is 0. The Labute approximate surface area is 74.7 Å². The van der Waals surface area contributed by atoms with Gasteiger partial charge in [0.1, 0.15) is 0 Å². The third-order valence-electron chi connectivity index (χ3n) is 2.58. The lowest BCUT2D eigenvalue weighted by Crippen LogP contribution is -2.13.